The average molecular weight is 464 g/mol. The molecule has 0 saturated carbocycles. The van der Waals surface area contributed by atoms with Crippen LogP contribution in [0.15, 0.2) is 91.0 Å². The van der Waals surface area contributed by atoms with Crippen molar-refractivity contribution in [3.05, 3.63) is 102 Å². The van der Waals surface area contributed by atoms with E-state index in [1.807, 2.05) is 0 Å². The normalized spacial score (nSPS) is 11.1. The predicted molar refractivity (Wildman–Crippen MR) is 152 cm³/mol. The van der Waals surface area contributed by atoms with Crippen LogP contribution in [-0.2, 0) is 12.8 Å². The van der Waals surface area contributed by atoms with E-state index in [9.17, 15) is 0 Å². The second-order valence-electron chi connectivity index (χ2n) is 9.79. The summed E-state index contributed by atoms with van der Waals surface area (Å²) >= 11 is 0. The van der Waals surface area contributed by atoms with Crippen molar-refractivity contribution in [2.75, 3.05) is 0 Å². The lowest BCUT2D eigenvalue weighted by Gasteiger charge is -2.15. The highest BCUT2D eigenvalue weighted by Gasteiger charge is 2.14. The predicted octanol–water partition coefficient (Wildman–Crippen LogP) is 10.1. The third-order valence-corrected chi connectivity index (χ3v) is 7.03. The average Bonchev–Trinajstić information content (AvgIpc) is 3.36. The number of hydrogen-bond donors (Lipinski definition) is 0. The largest absolute Gasteiger partial charge is 0.309 e. The first-order valence-electron chi connectivity index (χ1n) is 13.8. The molecule has 3 aromatic carbocycles. The lowest BCUT2D eigenvalue weighted by atomic mass is 10.0. The molecule has 1 nitrogen and oxygen atoms in total. The third-order valence-electron chi connectivity index (χ3n) is 7.03. The number of rotatable bonds is 13. The van der Waals surface area contributed by atoms with Crippen LogP contribution in [0.4, 0.5) is 0 Å². The summed E-state index contributed by atoms with van der Waals surface area (Å²) in [7, 11) is 0. The van der Waals surface area contributed by atoms with Crippen LogP contribution in [0, 0.1) is 0 Å². The molecular weight excluding hydrogens is 422 g/mol. The Morgan fingerprint density at radius 2 is 0.914 bits per heavy atom. The van der Waals surface area contributed by atoms with Crippen molar-refractivity contribution >= 4 is 0 Å². The molecule has 0 aliphatic heterocycles. The summed E-state index contributed by atoms with van der Waals surface area (Å²) in [4.78, 5) is 0. The molecule has 0 unspecified atom stereocenters. The van der Waals surface area contributed by atoms with E-state index >= 15 is 0 Å². The highest BCUT2D eigenvalue weighted by atomic mass is 15.0. The molecule has 4 rings (SSSR count). The van der Waals surface area contributed by atoms with Gasteiger partial charge in [-0.2, -0.15) is 0 Å². The molecule has 0 amide bonds. The molecule has 0 bridgehead atoms. The van der Waals surface area contributed by atoms with Crippen LogP contribution in [-0.4, -0.2) is 4.57 Å². The van der Waals surface area contributed by atoms with Gasteiger partial charge in [-0.15, -0.1) is 0 Å². The van der Waals surface area contributed by atoms with Gasteiger partial charge in [0, 0.05) is 5.69 Å². The van der Waals surface area contributed by atoms with Crippen LogP contribution in [0.25, 0.3) is 28.2 Å². The van der Waals surface area contributed by atoms with E-state index in [-0.39, 0.29) is 0 Å². The monoisotopic (exact) mass is 463 g/mol. The van der Waals surface area contributed by atoms with Gasteiger partial charge in [0.1, 0.15) is 0 Å². The quantitative estimate of drug-likeness (QED) is 0.174. The maximum absolute atomic E-state index is 2.41. The minimum atomic E-state index is 1.18. The van der Waals surface area contributed by atoms with Crippen molar-refractivity contribution < 1.29 is 0 Å². The summed E-state index contributed by atoms with van der Waals surface area (Å²) in [5, 5.41) is 0. The van der Waals surface area contributed by atoms with E-state index in [0.29, 0.717) is 0 Å². The molecule has 0 saturated heterocycles. The highest BCUT2D eigenvalue weighted by Crippen LogP contribution is 2.33. The summed E-state index contributed by atoms with van der Waals surface area (Å²) < 4.78 is 2.41. The van der Waals surface area contributed by atoms with Gasteiger partial charge in [-0.1, -0.05) is 119 Å². The minimum Gasteiger partial charge on any atom is -0.309 e. The molecular formula is C34H41N. The molecule has 0 aliphatic carbocycles. The van der Waals surface area contributed by atoms with Crippen LogP contribution >= 0.6 is 0 Å². The first-order valence-corrected chi connectivity index (χ1v) is 13.8. The Morgan fingerprint density at radius 3 is 1.34 bits per heavy atom. The number of aromatic nitrogens is 1. The molecule has 182 valence electrons. The smallest absolute Gasteiger partial charge is 0.0535 e. The van der Waals surface area contributed by atoms with Gasteiger partial charge < -0.3 is 4.57 Å². The van der Waals surface area contributed by atoms with Crippen molar-refractivity contribution in [3.63, 3.8) is 0 Å². The van der Waals surface area contributed by atoms with Gasteiger partial charge in [0.15, 0.2) is 0 Å². The fraction of sp³-hybridized carbons (Fsp3) is 0.353. The Bertz CT molecular complexity index is 1060. The topological polar surface area (TPSA) is 4.93 Å². The molecule has 0 aliphatic rings. The molecule has 0 fully saturated rings. The van der Waals surface area contributed by atoms with Crippen LogP contribution in [0.5, 0.6) is 0 Å². The molecule has 1 heterocycles. The summed E-state index contributed by atoms with van der Waals surface area (Å²) in [6.45, 7) is 4.54. The summed E-state index contributed by atoms with van der Waals surface area (Å²) in [5.74, 6) is 0. The molecule has 0 spiro atoms. The van der Waals surface area contributed by atoms with Crippen LogP contribution in [0.2, 0.25) is 0 Å². The van der Waals surface area contributed by atoms with E-state index in [0.717, 1.165) is 0 Å². The highest BCUT2D eigenvalue weighted by molar-refractivity contribution is 5.73. The van der Waals surface area contributed by atoms with Gasteiger partial charge in [0.25, 0.3) is 0 Å². The SMILES string of the molecule is CCCCCCc1ccc(-c2ccc(-c3ccc(CCCCCC)cc3)n2-c2ccccc2)cc1. The first-order chi connectivity index (χ1) is 17.3. The molecule has 4 aromatic rings. The Balaban J connectivity index is 1.59. The Morgan fingerprint density at radius 1 is 0.457 bits per heavy atom. The zero-order valence-electron chi connectivity index (χ0n) is 21.7. The third kappa shape index (κ3) is 6.75. The second-order valence-corrected chi connectivity index (χ2v) is 9.79. The van der Waals surface area contributed by atoms with Crippen LogP contribution < -0.4 is 0 Å². The summed E-state index contributed by atoms with van der Waals surface area (Å²) in [6.07, 6.45) is 12.8. The van der Waals surface area contributed by atoms with E-state index in [2.05, 4.69) is 109 Å². The fourth-order valence-electron chi connectivity index (χ4n) is 4.94. The van der Waals surface area contributed by atoms with Crippen molar-refractivity contribution in [2.24, 2.45) is 0 Å². The maximum atomic E-state index is 2.41. The van der Waals surface area contributed by atoms with Crippen molar-refractivity contribution in [1.82, 2.24) is 4.57 Å². The van der Waals surface area contributed by atoms with E-state index in [1.54, 1.807) is 0 Å². The van der Waals surface area contributed by atoms with Gasteiger partial charge >= 0.3 is 0 Å². The van der Waals surface area contributed by atoms with Crippen LogP contribution in [0.1, 0.15) is 76.3 Å². The molecule has 0 N–H and O–H groups in total. The Labute approximate surface area is 212 Å². The number of unbranched alkanes of at least 4 members (excludes halogenated alkanes) is 6. The number of para-hydroxylation sites is 1. The van der Waals surface area contributed by atoms with E-state index in [4.69, 9.17) is 0 Å². The molecule has 0 atom stereocenters. The number of hydrogen-bond acceptors (Lipinski definition) is 0. The minimum absolute atomic E-state index is 1.18. The second kappa shape index (κ2) is 13.1. The van der Waals surface area contributed by atoms with E-state index in [1.165, 1.54) is 104 Å². The van der Waals surface area contributed by atoms with Crippen molar-refractivity contribution in [1.29, 1.82) is 0 Å². The van der Waals surface area contributed by atoms with Gasteiger partial charge in [-0.05, 0) is 72.2 Å². The molecule has 35 heavy (non-hydrogen) atoms. The lowest BCUT2D eigenvalue weighted by Crippen LogP contribution is -1.99. The zero-order chi connectivity index (χ0) is 24.3. The maximum Gasteiger partial charge on any atom is 0.0535 e. The molecule has 0 radical (unpaired) electrons. The van der Waals surface area contributed by atoms with Crippen molar-refractivity contribution in [2.45, 2.75) is 78.1 Å². The number of aryl methyl sites for hydroxylation is 2. The molecule has 1 aromatic heterocycles. The Hall–Kier alpha value is -3.06. The number of nitrogens with zero attached hydrogens (tertiary/aromatic N) is 1. The van der Waals surface area contributed by atoms with Gasteiger partial charge in [0.05, 0.1) is 11.4 Å². The number of benzene rings is 3. The lowest BCUT2D eigenvalue weighted by molar-refractivity contribution is 0.667. The van der Waals surface area contributed by atoms with Gasteiger partial charge in [0.2, 0.25) is 0 Å². The first kappa shape index (κ1) is 25.0. The fourth-order valence-corrected chi connectivity index (χ4v) is 4.94. The molecule has 1 heteroatoms. The van der Waals surface area contributed by atoms with Gasteiger partial charge in [-0.25, -0.2) is 0 Å². The summed E-state index contributed by atoms with van der Waals surface area (Å²) in [5.41, 5.74) is 9.11. The standard InChI is InChI=1S/C34H41N/c1-3-5-7-10-14-28-18-22-30(23-19-28)33-26-27-34(35(33)32-16-12-9-13-17-32)31-24-20-29(21-25-31)15-11-8-6-4-2/h9,12-13,16-27H,3-8,10-11,14-15H2,1-2H3. The van der Waals surface area contributed by atoms with Crippen LogP contribution in [0.3, 0.4) is 0 Å². The van der Waals surface area contributed by atoms with E-state index < -0.39 is 0 Å². The van der Waals surface area contributed by atoms with Gasteiger partial charge in [-0.3, -0.25) is 0 Å². The Kier molecular flexibility index (Phi) is 9.40. The summed E-state index contributed by atoms with van der Waals surface area (Å²) in [6, 6.07) is 33.8. The van der Waals surface area contributed by atoms with Crippen molar-refractivity contribution in [3.8, 4) is 28.2 Å². The zero-order valence-corrected chi connectivity index (χ0v) is 21.7.